The fourth-order valence-electron chi connectivity index (χ4n) is 4.74. The van der Waals surface area contributed by atoms with Crippen molar-refractivity contribution in [1.82, 2.24) is 19.9 Å². The Hall–Kier alpha value is -3.75. The van der Waals surface area contributed by atoms with Gasteiger partial charge in [-0.25, -0.2) is 4.39 Å². The van der Waals surface area contributed by atoms with Crippen molar-refractivity contribution in [2.45, 2.75) is 26.2 Å². The van der Waals surface area contributed by atoms with Crippen molar-refractivity contribution in [3.05, 3.63) is 65.8 Å². The lowest BCUT2D eigenvalue weighted by molar-refractivity contribution is -0.131. The molecule has 5 rings (SSSR count). The summed E-state index contributed by atoms with van der Waals surface area (Å²) in [7, 11) is 0. The number of carbonyl (C=O) groups excluding carboxylic acids is 2. The zero-order valence-electron chi connectivity index (χ0n) is 20.4. The van der Waals surface area contributed by atoms with Crippen LogP contribution in [0.2, 0.25) is 0 Å². The number of hydrogen-bond acceptors (Lipinski definition) is 6. The Morgan fingerprint density at radius 1 is 0.972 bits per heavy atom. The number of hydrogen-bond donors (Lipinski definition) is 0. The normalized spacial score (nSPS) is 16.9. The van der Waals surface area contributed by atoms with Crippen molar-refractivity contribution < 1.29 is 18.5 Å². The first-order valence-corrected chi connectivity index (χ1v) is 12.5. The van der Waals surface area contributed by atoms with Crippen molar-refractivity contribution in [3.8, 4) is 11.4 Å². The maximum Gasteiger partial charge on any atom is 0.316 e. The van der Waals surface area contributed by atoms with E-state index in [1.165, 1.54) is 30.7 Å². The molecule has 2 aliphatic heterocycles. The minimum absolute atomic E-state index is 0.0568. The van der Waals surface area contributed by atoms with Gasteiger partial charge in [0.05, 0.1) is 6.42 Å². The van der Waals surface area contributed by atoms with Gasteiger partial charge < -0.3 is 19.2 Å². The van der Waals surface area contributed by atoms with Gasteiger partial charge in [0.25, 0.3) is 0 Å². The molecule has 3 aromatic rings. The van der Waals surface area contributed by atoms with Crippen molar-refractivity contribution in [3.63, 3.8) is 0 Å². The van der Waals surface area contributed by atoms with E-state index in [1.807, 2.05) is 12.1 Å². The minimum atomic E-state index is -0.359. The molecule has 0 unspecified atom stereocenters. The number of carbonyl (C=O) groups is 2. The van der Waals surface area contributed by atoms with Crippen LogP contribution in [-0.2, 0) is 11.2 Å². The highest BCUT2D eigenvalue weighted by Gasteiger charge is 2.28. The van der Waals surface area contributed by atoms with E-state index in [9.17, 15) is 14.0 Å². The number of anilines is 1. The molecule has 0 bridgehead atoms. The van der Waals surface area contributed by atoms with E-state index < -0.39 is 0 Å². The van der Waals surface area contributed by atoms with Crippen LogP contribution in [0, 0.1) is 11.7 Å². The standard InChI is InChI=1S/C27H30FN5O3/c1-19-9-11-31(12-10-19)23-7-5-21(6-8-23)25-29-26(36-30-25)27(35)33-15-13-32(14-16-33)24(34)18-20-3-2-4-22(28)17-20/h2-8,17,19H,9-16,18H2,1H3. The fourth-order valence-corrected chi connectivity index (χ4v) is 4.74. The van der Waals surface area contributed by atoms with Crippen LogP contribution in [0.15, 0.2) is 53.1 Å². The summed E-state index contributed by atoms with van der Waals surface area (Å²) in [4.78, 5) is 35.5. The van der Waals surface area contributed by atoms with Crippen LogP contribution in [-0.4, -0.2) is 71.0 Å². The van der Waals surface area contributed by atoms with E-state index >= 15 is 0 Å². The van der Waals surface area contributed by atoms with E-state index in [0.717, 1.165) is 24.6 Å². The summed E-state index contributed by atoms with van der Waals surface area (Å²) in [6, 6.07) is 14.1. The lowest BCUT2D eigenvalue weighted by Crippen LogP contribution is -2.51. The van der Waals surface area contributed by atoms with E-state index in [0.29, 0.717) is 37.6 Å². The zero-order chi connectivity index (χ0) is 25.1. The topological polar surface area (TPSA) is 82.8 Å². The van der Waals surface area contributed by atoms with Gasteiger partial charge >= 0.3 is 11.8 Å². The van der Waals surface area contributed by atoms with Gasteiger partial charge in [0.1, 0.15) is 5.82 Å². The van der Waals surface area contributed by atoms with Crippen LogP contribution in [0.25, 0.3) is 11.4 Å². The number of benzene rings is 2. The van der Waals surface area contributed by atoms with Gasteiger partial charge in [0.2, 0.25) is 11.7 Å². The third kappa shape index (κ3) is 5.40. The molecule has 0 N–H and O–H groups in total. The number of nitrogens with zero attached hydrogens (tertiary/aromatic N) is 5. The molecule has 9 heteroatoms. The first-order chi connectivity index (χ1) is 17.5. The summed E-state index contributed by atoms with van der Waals surface area (Å²) in [6.45, 7) is 5.96. The van der Waals surface area contributed by atoms with E-state index in [2.05, 4.69) is 34.1 Å². The quantitative estimate of drug-likeness (QED) is 0.542. The third-order valence-electron chi connectivity index (χ3n) is 7.05. The smallest absolute Gasteiger partial charge is 0.316 e. The van der Waals surface area contributed by atoms with Crippen LogP contribution in [0.5, 0.6) is 0 Å². The van der Waals surface area contributed by atoms with Gasteiger partial charge in [-0.1, -0.05) is 24.2 Å². The molecule has 2 aromatic carbocycles. The van der Waals surface area contributed by atoms with Crippen LogP contribution >= 0.6 is 0 Å². The van der Waals surface area contributed by atoms with Crippen LogP contribution in [0.3, 0.4) is 0 Å². The summed E-state index contributed by atoms with van der Waals surface area (Å²) >= 11 is 0. The average Bonchev–Trinajstić information content (AvgIpc) is 3.39. The van der Waals surface area contributed by atoms with Crippen LogP contribution < -0.4 is 4.90 Å². The Kier molecular flexibility index (Phi) is 6.97. The van der Waals surface area contributed by atoms with E-state index in [1.54, 1.807) is 21.9 Å². The fraction of sp³-hybridized carbons (Fsp3) is 0.407. The second kappa shape index (κ2) is 10.5. The summed E-state index contributed by atoms with van der Waals surface area (Å²) in [5, 5.41) is 4.01. The lowest BCUT2D eigenvalue weighted by Gasteiger charge is -2.34. The van der Waals surface area contributed by atoms with Crippen molar-refractivity contribution >= 4 is 17.5 Å². The number of rotatable bonds is 5. The Balaban J connectivity index is 1.15. The SMILES string of the molecule is CC1CCN(c2ccc(-c3noc(C(=O)N4CCN(C(=O)Cc5cccc(F)c5)CC4)n3)cc2)CC1. The molecule has 0 aliphatic carbocycles. The zero-order valence-corrected chi connectivity index (χ0v) is 20.4. The maximum absolute atomic E-state index is 13.4. The van der Waals surface area contributed by atoms with Gasteiger partial charge in [0, 0.05) is 50.5 Å². The Morgan fingerprint density at radius 2 is 1.67 bits per heavy atom. The van der Waals surface area contributed by atoms with Gasteiger partial charge in [-0.2, -0.15) is 4.98 Å². The second-order valence-electron chi connectivity index (χ2n) is 9.62. The van der Waals surface area contributed by atoms with Gasteiger partial charge in [-0.3, -0.25) is 9.59 Å². The molecule has 1 aromatic heterocycles. The number of piperazine rings is 1. The Bertz CT molecular complexity index is 1210. The number of amides is 2. The Morgan fingerprint density at radius 3 is 2.36 bits per heavy atom. The van der Waals surface area contributed by atoms with E-state index in [4.69, 9.17) is 4.52 Å². The molecule has 3 heterocycles. The van der Waals surface area contributed by atoms with E-state index in [-0.39, 0.29) is 29.9 Å². The predicted molar refractivity (Wildman–Crippen MR) is 133 cm³/mol. The molecule has 8 nitrogen and oxygen atoms in total. The van der Waals surface area contributed by atoms with Crippen LogP contribution in [0.1, 0.15) is 36.0 Å². The summed E-state index contributed by atoms with van der Waals surface area (Å²) in [6.07, 6.45) is 2.54. The molecule has 2 saturated heterocycles. The first-order valence-electron chi connectivity index (χ1n) is 12.5. The molecule has 2 aliphatic rings. The molecule has 0 saturated carbocycles. The van der Waals surface area contributed by atoms with Gasteiger partial charge in [-0.05, 0) is 60.7 Å². The molecule has 36 heavy (non-hydrogen) atoms. The first kappa shape index (κ1) is 24.0. The number of piperidine rings is 1. The van der Waals surface area contributed by atoms with Gasteiger partial charge in [0.15, 0.2) is 0 Å². The predicted octanol–water partition coefficient (Wildman–Crippen LogP) is 3.64. The molecular formula is C27H30FN5O3. The molecule has 0 radical (unpaired) electrons. The minimum Gasteiger partial charge on any atom is -0.372 e. The van der Waals surface area contributed by atoms with Gasteiger partial charge in [-0.15, -0.1) is 0 Å². The van der Waals surface area contributed by atoms with Crippen molar-refractivity contribution in [1.29, 1.82) is 0 Å². The Labute approximate surface area is 209 Å². The highest BCUT2D eigenvalue weighted by atomic mass is 19.1. The monoisotopic (exact) mass is 491 g/mol. The summed E-state index contributed by atoms with van der Waals surface area (Å²) in [5.74, 6) is 0.307. The molecule has 0 spiro atoms. The molecular weight excluding hydrogens is 461 g/mol. The van der Waals surface area contributed by atoms with Crippen molar-refractivity contribution in [2.24, 2.45) is 5.92 Å². The maximum atomic E-state index is 13.4. The lowest BCUT2D eigenvalue weighted by atomic mass is 9.98. The average molecular weight is 492 g/mol. The largest absolute Gasteiger partial charge is 0.372 e. The summed E-state index contributed by atoms with van der Waals surface area (Å²) < 4.78 is 18.7. The molecule has 2 fully saturated rings. The number of halogens is 1. The second-order valence-corrected chi connectivity index (χ2v) is 9.62. The number of aromatic nitrogens is 2. The van der Waals surface area contributed by atoms with Crippen LogP contribution in [0.4, 0.5) is 10.1 Å². The molecule has 2 amide bonds. The highest BCUT2D eigenvalue weighted by molar-refractivity contribution is 5.90. The van der Waals surface area contributed by atoms with Crippen molar-refractivity contribution in [2.75, 3.05) is 44.2 Å². The highest BCUT2D eigenvalue weighted by Crippen LogP contribution is 2.25. The molecule has 0 atom stereocenters. The molecule has 188 valence electrons. The third-order valence-corrected chi connectivity index (χ3v) is 7.05. The summed E-state index contributed by atoms with van der Waals surface area (Å²) in [5.41, 5.74) is 2.60.